The van der Waals surface area contributed by atoms with Crippen LogP contribution >= 0.6 is 11.6 Å². The Labute approximate surface area is 107 Å². The molecular formula is C13H18ClNO2. The van der Waals surface area contributed by atoms with Gasteiger partial charge in [0.25, 0.3) is 5.91 Å². The van der Waals surface area contributed by atoms with Crippen LogP contribution in [-0.2, 0) is 4.79 Å². The smallest absolute Gasteiger partial charge is 0.260 e. The van der Waals surface area contributed by atoms with Crippen LogP contribution in [0.1, 0.15) is 27.2 Å². The van der Waals surface area contributed by atoms with E-state index in [2.05, 4.69) is 5.32 Å². The minimum absolute atomic E-state index is 0.102. The van der Waals surface area contributed by atoms with E-state index in [1.807, 2.05) is 13.8 Å². The molecule has 0 radical (unpaired) electrons. The fourth-order valence-corrected chi connectivity index (χ4v) is 1.36. The molecule has 0 aliphatic carbocycles. The van der Waals surface area contributed by atoms with Crippen LogP contribution in [-0.4, -0.2) is 18.1 Å². The van der Waals surface area contributed by atoms with E-state index in [1.165, 1.54) is 0 Å². The summed E-state index contributed by atoms with van der Waals surface area (Å²) in [7, 11) is 0. The van der Waals surface area contributed by atoms with E-state index in [1.54, 1.807) is 31.2 Å². The lowest BCUT2D eigenvalue weighted by atomic mass is 10.2. The van der Waals surface area contributed by atoms with Gasteiger partial charge in [-0.2, -0.15) is 0 Å². The largest absolute Gasteiger partial charge is 0.481 e. The first-order valence-corrected chi connectivity index (χ1v) is 6.13. The molecule has 0 bridgehead atoms. The zero-order valence-corrected chi connectivity index (χ0v) is 11.1. The molecule has 2 atom stereocenters. The van der Waals surface area contributed by atoms with Crippen LogP contribution in [0.5, 0.6) is 5.75 Å². The van der Waals surface area contributed by atoms with E-state index in [0.717, 1.165) is 6.42 Å². The summed E-state index contributed by atoms with van der Waals surface area (Å²) in [5.41, 5.74) is 0. The van der Waals surface area contributed by atoms with Gasteiger partial charge in [-0.15, -0.1) is 0 Å². The molecule has 94 valence electrons. The van der Waals surface area contributed by atoms with Crippen molar-refractivity contribution in [2.75, 3.05) is 0 Å². The lowest BCUT2D eigenvalue weighted by Gasteiger charge is -2.17. The van der Waals surface area contributed by atoms with Gasteiger partial charge in [0, 0.05) is 11.1 Å². The molecule has 0 heterocycles. The molecule has 4 heteroatoms. The van der Waals surface area contributed by atoms with Crippen LogP contribution in [0.25, 0.3) is 0 Å². The first-order chi connectivity index (χ1) is 8.02. The number of rotatable bonds is 5. The van der Waals surface area contributed by atoms with Crippen molar-refractivity contribution in [3.05, 3.63) is 29.3 Å². The Morgan fingerprint density at radius 1 is 1.35 bits per heavy atom. The van der Waals surface area contributed by atoms with Crippen molar-refractivity contribution < 1.29 is 9.53 Å². The summed E-state index contributed by atoms with van der Waals surface area (Å²) in [6, 6.07) is 7.12. The summed E-state index contributed by atoms with van der Waals surface area (Å²) in [5.74, 6) is 0.538. The highest BCUT2D eigenvalue weighted by atomic mass is 35.5. The maximum Gasteiger partial charge on any atom is 0.260 e. The van der Waals surface area contributed by atoms with Gasteiger partial charge in [0.05, 0.1) is 0 Å². The number of halogens is 1. The Bertz CT molecular complexity index is 364. The topological polar surface area (TPSA) is 38.3 Å². The van der Waals surface area contributed by atoms with Gasteiger partial charge in [-0.3, -0.25) is 4.79 Å². The second-order valence-electron chi connectivity index (χ2n) is 4.03. The van der Waals surface area contributed by atoms with Crippen LogP contribution in [0.3, 0.4) is 0 Å². The van der Waals surface area contributed by atoms with E-state index in [0.29, 0.717) is 10.8 Å². The van der Waals surface area contributed by atoms with Crippen LogP contribution in [0.15, 0.2) is 24.3 Å². The van der Waals surface area contributed by atoms with E-state index >= 15 is 0 Å². The minimum atomic E-state index is -0.509. The normalized spacial score (nSPS) is 13.9. The molecule has 3 nitrogen and oxygen atoms in total. The summed E-state index contributed by atoms with van der Waals surface area (Å²) < 4.78 is 5.51. The van der Waals surface area contributed by atoms with Crippen LogP contribution in [0.4, 0.5) is 0 Å². The van der Waals surface area contributed by atoms with Gasteiger partial charge in [-0.05, 0) is 44.5 Å². The van der Waals surface area contributed by atoms with Gasteiger partial charge in [-0.25, -0.2) is 0 Å². The zero-order chi connectivity index (χ0) is 12.8. The molecule has 0 aliphatic heterocycles. The van der Waals surface area contributed by atoms with Gasteiger partial charge in [0.15, 0.2) is 6.10 Å². The molecule has 1 N–H and O–H groups in total. The average Bonchev–Trinajstić information content (AvgIpc) is 2.31. The third-order valence-electron chi connectivity index (χ3n) is 2.50. The third-order valence-corrected chi connectivity index (χ3v) is 2.75. The second-order valence-corrected chi connectivity index (χ2v) is 4.47. The summed E-state index contributed by atoms with van der Waals surface area (Å²) in [6.45, 7) is 5.72. The molecule has 0 saturated carbocycles. The highest BCUT2D eigenvalue weighted by Crippen LogP contribution is 2.16. The molecule has 1 amide bonds. The van der Waals surface area contributed by atoms with Crippen molar-refractivity contribution in [2.24, 2.45) is 0 Å². The fourth-order valence-electron chi connectivity index (χ4n) is 1.23. The van der Waals surface area contributed by atoms with Crippen LogP contribution < -0.4 is 10.1 Å². The predicted octanol–water partition coefficient (Wildman–Crippen LogP) is 3.02. The SMILES string of the molecule is CC[C@H](C)NC(=O)[C@@H](C)Oc1ccc(Cl)cc1. The first kappa shape index (κ1) is 13.8. The molecule has 17 heavy (non-hydrogen) atoms. The lowest BCUT2D eigenvalue weighted by Crippen LogP contribution is -2.40. The first-order valence-electron chi connectivity index (χ1n) is 5.75. The third kappa shape index (κ3) is 4.65. The molecule has 0 unspecified atom stereocenters. The summed E-state index contributed by atoms with van der Waals surface area (Å²) in [6.07, 6.45) is 0.393. The van der Waals surface area contributed by atoms with Gasteiger partial charge < -0.3 is 10.1 Å². The number of hydrogen-bond acceptors (Lipinski definition) is 2. The number of carbonyl (C=O) groups excluding carboxylic acids is 1. The van der Waals surface area contributed by atoms with Crippen LogP contribution in [0, 0.1) is 0 Å². The fraction of sp³-hybridized carbons (Fsp3) is 0.462. The zero-order valence-electron chi connectivity index (χ0n) is 10.4. The molecule has 1 aromatic carbocycles. The van der Waals surface area contributed by atoms with Crippen molar-refractivity contribution in [3.63, 3.8) is 0 Å². The minimum Gasteiger partial charge on any atom is -0.481 e. The van der Waals surface area contributed by atoms with Gasteiger partial charge >= 0.3 is 0 Å². The maximum atomic E-state index is 11.7. The van der Waals surface area contributed by atoms with Gasteiger partial charge in [-0.1, -0.05) is 18.5 Å². The van der Waals surface area contributed by atoms with Crippen molar-refractivity contribution in [1.82, 2.24) is 5.32 Å². The average molecular weight is 256 g/mol. The molecular weight excluding hydrogens is 238 g/mol. The van der Waals surface area contributed by atoms with Crippen molar-refractivity contribution >= 4 is 17.5 Å². The Morgan fingerprint density at radius 2 is 1.94 bits per heavy atom. The highest BCUT2D eigenvalue weighted by molar-refractivity contribution is 6.30. The van der Waals surface area contributed by atoms with Crippen LogP contribution in [0.2, 0.25) is 5.02 Å². The molecule has 1 aromatic rings. The van der Waals surface area contributed by atoms with E-state index < -0.39 is 6.10 Å². The van der Waals surface area contributed by atoms with E-state index in [9.17, 15) is 4.79 Å². The Kier molecular flexibility index (Phi) is 5.29. The molecule has 0 fully saturated rings. The molecule has 0 spiro atoms. The van der Waals surface area contributed by atoms with Crippen molar-refractivity contribution in [3.8, 4) is 5.75 Å². The van der Waals surface area contributed by atoms with Gasteiger partial charge in [0.2, 0.25) is 0 Å². The number of benzene rings is 1. The standard InChI is InChI=1S/C13H18ClNO2/c1-4-9(2)15-13(16)10(3)17-12-7-5-11(14)6-8-12/h5-10H,4H2,1-3H3,(H,15,16)/t9-,10+/m0/s1. The molecule has 0 aromatic heterocycles. The summed E-state index contributed by atoms with van der Waals surface area (Å²) in [5, 5.41) is 3.52. The quantitative estimate of drug-likeness (QED) is 0.878. The molecule has 0 saturated heterocycles. The predicted molar refractivity (Wildman–Crippen MR) is 69.4 cm³/mol. The molecule has 1 rings (SSSR count). The van der Waals surface area contributed by atoms with Crippen molar-refractivity contribution in [1.29, 1.82) is 0 Å². The van der Waals surface area contributed by atoms with E-state index in [4.69, 9.17) is 16.3 Å². The number of hydrogen-bond donors (Lipinski definition) is 1. The summed E-state index contributed by atoms with van der Waals surface area (Å²) >= 11 is 5.76. The monoisotopic (exact) mass is 255 g/mol. The summed E-state index contributed by atoms with van der Waals surface area (Å²) in [4.78, 5) is 11.7. The number of nitrogens with one attached hydrogen (secondary N) is 1. The van der Waals surface area contributed by atoms with E-state index in [-0.39, 0.29) is 11.9 Å². The molecule has 0 aliphatic rings. The number of carbonyl (C=O) groups is 1. The van der Waals surface area contributed by atoms with Crippen molar-refractivity contribution in [2.45, 2.75) is 39.3 Å². The Balaban J connectivity index is 2.51. The Morgan fingerprint density at radius 3 is 2.47 bits per heavy atom. The highest BCUT2D eigenvalue weighted by Gasteiger charge is 2.15. The van der Waals surface area contributed by atoms with Gasteiger partial charge in [0.1, 0.15) is 5.75 Å². The Hall–Kier alpha value is -1.22. The second kappa shape index (κ2) is 6.50. The number of ether oxygens (including phenoxy) is 1. The number of amides is 1. The maximum absolute atomic E-state index is 11.7. The lowest BCUT2D eigenvalue weighted by molar-refractivity contribution is -0.127.